The number of nitrogens with zero attached hydrogens (tertiary/aromatic N) is 1. The largest absolute Gasteiger partial charge is 0.361 e. The van der Waals surface area contributed by atoms with Gasteiger partial charge < -0.3 is 10.3 Å². The zero-order valence-corrected chi connectivity index (χ0v) is 14.5. The van der Waals surface area contributed by atoms with Crippen LogP contribution in [-0.4, -0.2) is 9.97 Å². The number of rotatable bonds is 4. The smallest absolute Gasteiger partial charge is 0.126 e. The standard InChI is InChI=1S/C20H16BrN3/c21-15-10-8-14(9-11-15)20(24-19-7-3-4-12-22-19)17-13-23-18-6-2-1-5-16(17)18/h1-13,20,23H,(H,22,24). The number of benzene rings is 2. The van der Waals surface area contributed by atoms with Crippen LogP contribution in [0.5, 0.6) is 0 Å². The maximum atomic E-state index is 4.42. The Hall–Kier alpha value is -2.59. The molecule has 4 heteroatoms. The number of hydrogen-bond donors (Lipinski definition) is 2. The molecule has 2 aromatic carbocycles. The predicted molar refractivity (Wildman–Crippen MR) is 102 cm³/mol. The number of pyridine rings is 1. The molecule has 2 aromatic heterocycles. The van der Waals surface area contributed by atoms with Crippen LogP contribution >= 0.6 is 15.9 Å². The summed E-state index contributed by atoms with van der Waals surface area (Å²) < 4.78 is 1.07. The number of aromatic amines is 1. The first-order valence-electron chi connectivity index (χ1n) is 7.80. The Morgan fingerprint density at radius 1 is 0.917 bits per heavy atom. The van der Waals surface area contributed by atoms with E-state index in [1.165, 1.54) is 16.5 Å². The zero-order chi connectivity index (χ0) is 16.4. The molecule has 4 aromatic rings. The fraction of sp³-hybridized carbons (Fsp3) is 0.0500. The lowest BCUT2D eigenvalue weighted by Gasteiger charge is -2.20. The Balaban J connectivity index is 1.82. The van der Waals surface area contributed by atoms with Crippen LogP contribution in [0.4, 0.5) is 5.82 Å². The molecule has 0 aliphatic carbocycles. The van der Waals surface area contributed by atoms with Crippen molar-refractivity contribution in [2.45, 2.75) is 6.04 Å². The number of aromatic nitrogens is 2. The third kappa shape index (κ3) is 2.93. The fourth-order valence-electron chi connectivity index (χ4n) is 2.92. The van der Waals surface area contributed by atoms with Gasteiger partial charge in [0.2, 0.25) is 0 Å². The second-order valence-corrected chi connectivity index (χ2v) is 6.55. The van der Waals surface area contributed by atoms with Gasteiger partial charge in [-0.25, -0.2) is 4.98 Å². The molecule has 0 amide bonds. The topological polar surface area (TPSA) is 40.7 Å². The van der Waals surface area contributed by atoms with Crippen LogP contribution in [0.2, 0.25) is 0 Å². The molecule has 1 atom stereocenters. The summed E-state index contributed by atoms with van der Waals surface area (Å²) in [6, 6.07) is 22.7. The van der Waals surface area contributed by atoms with Gasteiger partial charge in [-0.15, -0.1) is 0 Å². The lowest BCUT2D eigenvalue weighted by atomic mass is 9.98. The van der Waals surface area contributed by atoms with Gasteiger partial charge in [0.1, 0.15) is 5.82 Å². The highest BCUT2D eigenvalue weighted by Crippen LogP contribution is 2.32. The SMILES string of the molecule is Brc1ccc(C(Nc2ccccn2)c2c[nH]c3ccccc23)cc1. The quantitative estimate of drug-likeness (QED) is 0.490. The molecule has 2 N–H and O–H groups in total. The molecular formula is C20H16BrN3. The van der Waals surface area contributed by atoms with Crippen molar-refractivity contribution in [3.63, 3.8) is 0 Å². The van der Waals surface area contributed by atoms with E-state index in [1.54, 1.807) is 6.20 Å². The van der Waals surface area contributed by atoms with E-state index in [2.05, 4.69) is 79.9 Å². The number of halogens is 1. The van der Waals surface area contributed by atoms with Crippen molar-refractivity contribution in [1.29, 1.82) is 0 Å². The van der Waals surface area contributed by atoms with Gasteiger partial charge in [-0.1, -0.05) is 52.3 Å². The van der Waals surface area contributed by atoms with Gasteiger partial charge >= 0.3 is 0 Å². The van der Waals surface area contributed by atoms with Gasteiger partial charge in [-0.05, 0) is 35.9 Å². The number of para-hydroxylation sites is 1. The highest BCUT2D eigenvalue weighted by molar-refractivity contribution is 9.10. The van der Waals surface area contributed by atoms with Crippen LogP contribution in [0, 0.1) is 0 Å². The molecule has 0 radical (unpaired) electrons. The van der Waals surface area contributed by atoms with E-state index >= 15 is 0 Å². The van der Waals surface area contributed by atoms with Crippen molar-refractivity contribution in [2.24, 2.45) is 0 Å². The van der Waals surface area contributed by atoms with E-state index in [-0.39, 0.29) is 6.04 Å². The Morgan fingerprint density at radius 3 is 2.50 bits per heavy atom. The minimum absolute atomic E-state index is 0.0177. The van der Waals surface area contributed by atoms with Crippen molar-refractivity contribution >= 4 is 32.7 Å². The molecule has 0 bridgehead atoms. The third-order valence-corrected chi connectivity index (χ3v) is 4.62. The van der Waals surface area contributed by atoms with Gasteiger partial charge in [0.25, 0.3) is 0 Å². The summed E-state index contributed by atoms with van der Waals surface area (Å²) in [5, 5.41) is 4.78. The number of fused-ring (bicyclic) bond motifs is 1. The summed E-state index contributed by atoms with van der Waals surface area (Å²) in [6.45, 7) is 0. The molecule has 24 heavy (non-hydrogen) atoms. The molecule has 3 nitrogen and oxygen atoms in total. The second-order valence-electron chi connectivity index (χ2n) is 5.63. The van der Waals surface area contributed by atoms with E-state index in [0.717, 1.165) is 15.8 Å². The van der Waals surface area contributed by atoms with Crippen molar-refractivity contribution in [2.75, 3.05) is 5.32 Å². The second kappa shape index (κ2) is 6.49. The van der Waals surface area contributed by atoms with Crippen LogP contribution in [0.15, 0.2) is 83.6 Å². The molecule has 2 heterocycles. The summed E-state index contributed by atoms with van der Waals surface area (Å²) in [5.41, 5.74) is 3.53. The molecule has 0 fully saturated rings. The zero-order valence-electron chi connectivity index (χ0n) is 12.9. The van der Waals surface area contributed by atoms with Crippen molar-refractivity contribution in [3.05, 3.63) is 94.7 Å². The van der Waals surface area contributed by atoms with Crippen LogP contribution in [-0.2, 0) is 0 Å². The molecule has 1 unspecified atom stereocenters. The summed E-state index contributed by atoms with van der Waals surface area (Å²) >= 11 is 3.51. The molecule has 0 aliphatic heterocycles. The van der Waals surface area contributed by atoms with Crippen molar-refractivity contribution in [3.8, 4) is 0 Å². The molecule has 0 spiro atoms. The highest BCUT2D eigenvalue weighted by Gasteiger charge is 2.18. The van der Waals surface area contributed by atoms with Gasteiger partial charge in [-0.3, -0.25) is 0 Å². The summed E-state index contributed by atoms with van der Waals surface area (Å²) in [6.07, 6.45) is 3.88. The van der Waals surface area contributed by atoms with Crippen molar-refractivity contribution < 1.29 is 0 Å². The molecular weight excluding hydrogens is 362 g/mol. The predicted octanol–water partition coefficient (Wildman–Crippen LogP) is 5.53. The summed E-state index contributed by atoms with van der Waals surface area (Å²) in [4.78, 5) is 7.79. The number of nitrogens with one attached hydrogen (secondary N) is 2. The Bertz CT molecular complexity index is 945. The van der Waals surface area contributed by atoms with Crippen LogP contribution in [0.1, 0.15) is 17.2 Å². The van der Waals surface area contributed by atoms with E-state index in [1.807, 2.05) is 24.3 Å². The average Bonchev–Trinajstić information content (AvgIpc) is 3.05. The minimum atomic E-state index is 0.0177. The fourth-order valence-corrected chi connectivity index (χ4v) is 3.19. The molecule has 4 rings (SSSR count). The van der Waals surface area contributed by atoms with Gasteiger partial charge in [-0.2, -0.15) is 0 Å². The normalized spacial score (nSPS) is 12.2. The summed E-state index contributed by atoms with van der Waals surface area (Å²) in [5.74, 6) is 0.857. The maximum absolute atomic E-state index is 4.42. The Kier molecular flexibility index (Phi) is 4.05. The molecule has 0 saturated carbocycles. The lowest BCUT2D eigenvalue weighted by molar-refractivity contribution is 0.935. The highest BCUT2D eigenvalue weighted by atomic mass is 79.9. The number of anilines is 1. The van der Waals surface area contributed by atoms with E-state index < -0.39 is 0 Å². The first kappa shape index (κ1) is 15.0. The Labute approximate surface area is 148 Å². The monoisotopic (exact) mass is 377 g/mol. The molecule has 0 saturated heterocycles. The van der Waals surface area contributed by atoms with Crippen LogP contribution < -0.4 is 5.32 Å². The van der Waals surface area contributed by atoms with Gasteiger partial charge in [0.05, 0.1) is 6.04 Å². The molecule has 0 aliphatic rings. The molecule has 118 valence electrons. The maximum Gasteiger partial charge on any atom is 0.126 e. The minimum Gasteiger partial charge on any atom is -0.361 e. The Morgan fingerprint density at radius 2 is 1.71 bits per heavy atom. The van der Waals surface area contributed by atoms with E-state index in [0.29, 0.717) is 0 Å². The first-order chi connectivity index (χ1) is 11.8. The van der Waals surface area contributed by atoms with Gasteiger partial charge in [0, 0.05) is 33.3 Å². The van der Waals surface area contributed by atoms with Crippen LogP contribution in [0.25, 0.3) is 10.9 Å². The third-order valence-electron chi connectivity index (χ3n) is 4.09. The van der Waals surface area contributed by atoms with Crippen LogP contribution in [0.3, 0.4) is 0 Å². The van der Waals surface area contributed by atoms with Crippen molar-refractivity contribution in [1.82, 2.24) is 9.97 Å². The van der Waals surface area contributed by atoms with Gasteiger partial charge in [0.15, 0.2) is 0 Å². The first-order valence-corrected chi connectivity index (χ1v) is 8.59. The lowest BCUT2D eigenvalue weighted by Crippen LogP contribution is -2.12. The van der Waals surface area contributed by atoms with E-state index in [9.17, 15) is 0 Å². The number of H-pyrrole nitrogens is 1. The van der Waals surface area contributed by atoms with E-state index in [4.69, 9.17) is 0 Å². The number of hydrogen-bond acceptors (Lipinski definition) is 2. The summed E-state index contributed by atoms with van der Waals surface area (Å²) in [7, 11) is 0. The average molecular weight is 378 g/mol.